The highest BCUT2D eigenvalue weighted by Crippen LogP contribution is 2.39. The molecule has 2 aliphatic rings. The van der Waals surface area contributed by atoms with Crippen molar-refractivity contribution in [2.45, 2.75) is 19.1 Å². The van der Waals surface area contributed by atoms with Crippen molar-refractivity contribution >= 4 is 28.6 Å². The van der Waals surface area contributed by atoms with Crippen LogP contribution in [0.2, 0.25) is 0 Å². The van der Waals surface area contributed by atoms with Crippen molar-refractivity contribution in [2.75, 3.05) is 26.9 Å². The molecule has 0 radical (unpaired) electrons. The van der Waals surface area contributed by atoms with E-state index in [9.17, 15) is 14.4 Å². The van der Waals surface area contributed by atoms with E-state index < -0.39 is 17.7 Å². The summed E-state index contributed by atoms with van der Waals surface area (Å²) in [6.07, 6.45) is 0.162. The van der Waals surface area contributed by atoms with Crippen LogP contribution in [0.4, 0.5) is 0 Å². The number of methoxy groups -OCH3 is 1. The Morgan fingerprint density at radius 1 is 1.00 bits per heavy atom. The minimum Gasteiger partial charge on any atom is -0.469 e. The summed E-state index contributed by atoms with van der Waals surface area (Å²) in [6.45, 7) is 2.46. The Bertz CT molecular complexity index is 1280. The first-order valence-corrected chi connectivity index (χ1v) is 11.3. The van der Waals surface area contributed by atoms with Gasteiger partial charge in [0.1, 0.15) is 5.92 Å². The van der Waals surface area contributed by atoms with Crippen molar-refractivity contribution in [1.29, 1.82) is 0 Å². The molecule has 5 rings (SSSR count). The highest BCUT2D eigenvalue weighted by molar-refractivity contribution is 6.27. The number of imide groups is 1. The van der Waals surface area contributed by atoms with Crippen molar-refractivity contribution in [3.8, 4) is 11.1 Å². The molecule has 2 heterocycles. The van der Waals surface area contributed by atoms with Crippen molar-refractivity contribution in [3.05, 3.63) is 71.8 Å². The van der Waals surface area contributed by atoms with Crippen LogP contribution < -0.4 is 0 Å². The Morgan fingerprint density at radius 3 is 2.38 bits per heavy atom. The van der Waals surface area contributed by atoms with Gasteiger partial charge in [-0.05, 0) is 35.7 Å². The number of amides is 2. The third-order valence-corrected chi connectivity index (χ3v) is 6.67. The molecule has 0 N–H and O–H groups in total. The average Bonchev–Trinajstić information content (AvgIpc) is 3.40. The zero-order valence-corrected chi connectivity index (χ0v) is 19.1. The maximum absolute atomic E-state index is 13.6. The average molecular weight is 459 g/mol. The van der Waals surface area contributed by atoms with E-state index in [0.717, 1.165) is 21.9 Å². The summed E-state index contributed by atoms with van der Waals surface area (Å²) in [5.74, 6) is -3.18. The van der Waals surface area contributed by atoms with Crippen LogP contribution in [0, 0.1) is 5.92 Å². The van der Waals surface area contributed by atoms with Crippen LogP contribution in [0.15, 0.2) is 60.7 Å². The number of ether oxygens (including phenoxy) is 3. The van der Waals surface area contributed by atoms with Gasteiger partial charge < -0.3 is 14.2 Å². The van der Waals surface area contributed by atoms with Crippen LogP contribution >= 0.6 is 0 Å². The number of carbonyl (C=O) groups is 3. The fourth-order valence-corrected chi connectivity index (χ4v) is 4.94. The molecule has 174 valence electrons. The second kappa shape index (κ2) is 8.66. The monoisotopic (exact) mass is 459 g/mol. The van der Waals surface area contributed by atoms with Gasteiger partial charge in [0.25, 0.3) is 11.8 Å². The Morgan fingerprint density at radius 2 is 1.68 bits per heavy atom. The van der Waals surface area contributed by atoms with E-state index in [4.69, 9.17) is 14.2 Å². The number of carbonyl (C=O) groups excluding carboxylic acids is 3. The number of benzene rings is 3. The highest BCUT2D eigenvalue weighted by Gasteiger charge is 2.46. The fourth-order valence-electron chi connectivity index (χ4n) is 4.94. The van der Waals surface area contributed by atoms with Crippen LogP contribution in [0.5, 0.6) is 0 Å². The number of nitrogens with zero attached hydrogens (tertiary/aromatic N) is 1. The van der Waals surface area contributed by atoms with Crippen LogP contribution in [0.3, 0.4) is 0 Å². The van der Waals surface area contributed by atoms with Gasteiger partial charge in [-0.3, -0.25) is 19.3 Å². The third-order valence-electron chi connectivity index (χ3n) is 6.67. The quantitative estimate of drug-likeness (QED) is 0.409. The van der Waals surface area contributed by atoms with Gasteiger partial charge in [-0.1, -0.05) is 54.6 Å². The summed E-state index contributed by atoms with van der Waals surface area (Å²) in [7, 11) is 1.30. The molecule has 34 heavy (non-hydrogen) atoms. The number of esters is 1. The molecule has 2 aliphatic heterocycles. The zero-order valence-electron chi connectivity index (χ0n) is 19.1. The zero-order chi connectivity index (χ0) is 23.9. The summed E-state index contributed by atoms with van der Waals surface area (Å²) < 4.78 is 16.3. The lowest BCUT2D eigenvalue weighted by atomic mass is 9.90. The van der Waals surface area contributed by atoms with Gasteiger partial charge in [-0.25, -0.2) is 0 Å². The lowest BCUT2D eigenvalue weighted by Gasteiger charge is -2.31. The summed E-state index contributed by atoms with van der Waals surface area (Å²) in [6, 6.07) is 19.1. The van der Waals surface area contributed by atoms with Crippen LogP contribution in [0.25, 0.3) is 21.9 Å². The minimum atomic E-state index is -1.16. The molecule has 0 aliphatic carbocycles. The van der Waals surface area contributed by atoms with Gasteiger partial charge in [0.05, 0.1) is 31.5 Å². The molecule has 0 saturated carbocycles. The maximum Gasteiger partial charge on any atom is 0.314 e. The van der Waals surface area contributed by atoms with E-state index in [2.05, 4.69) is 0 Å². The molecule has 1 fully saturated rings. The van der Waals surface area contributed by atoms with Crippen molar-refractivity contribution in [1.82, 2.24) is 4.90 Å². The van der Waals surface area contributed by atoms with E-state index in [-0.39, 0.29) is 24.8 Å². The predicted octanol–water partition coefficient (Wildman–Crippen LogP) is 4.05. The second-order valence-electron chi connectivity index (χ2n) is 8.60. The number of hydrogen-bond donors (Lipinski definition) is 0. The van der Waals surface area contributed by atoms with Crippen molar-refractivity contribution in [3.63, 3.8) is 0 Å². The number of rotatable bonds is 6. The summed E-state index contributed by atoms with van der Waals surface area (Å²) in [4.78, 5) is 40.8. The lowest BCUT2D eigenvalue weighted by Crippen LogP contribution is -2.44. The highest BCUT2D eigenvalue weighted by atomic mass is 16.7. The van der Waals surface area contributed by atoms with E-state index in [0.29, 0.717) is 24.3 Å². The Hall–Kier alpha value is -3.55. The van der Waals surface area contributed by atoms with E-state index in [1.807, 2.05) is 54.6 Å². The smallest absolute Gasteiger partial charge is 0.314 e. The van der Waals surface area contributed by atoms with Gasteiger partial charge in [-0.15, -0.1) is 0 Å². The van der Waals surface area contributed by atoms with Gasteiger partial charge >= 0.3 is 5.97 Å². The van der Waals surface area contributed by atoms with Crippen molar-refractivity contribution < 1.29 is 28.6 Å². The van der Waals surface area contributed by atoms with Gasteiger partial charge in [0.15, 0.2) is 5.79 Å². The fraction of sp³-hybridized carbons (Fsp3) is 0.296. The first kappa shape index (κ1) is 22.3. The largest absolute Gasteiger partial charge is 0.469 e. The summed E-state index contributed by atoms with van der Waals surface area (Å²) in [5.41, 5.74) is 2.38. The van der Waals surface area contributed by atoms with E-state index in [1.54, 1.807) is 13.0 Å². The van der Waals surface area contributed by atoms with Crippen LogP contribution in [0.1, 0.15) is 34.1 Å². The molecule has 7 nitrogen and oxygen atoms in total. The number of hydrogen-bond acceptors (Lipinski definition) is 6. The summed E-state index contributed by atoms with van der Waals surface area (Å²) >= 11 is 0. The molecular formula is C27H25NO6. The molecule has 2 amide bonds. The number of fused-ring (bicyclic) bond motifs is 2. The topological polar surface area (TPSA) is 82.1 Å². The van der Waals surface area contributed by atoms with Crippen molar-refractivity contribution in [2.24, 2.45) is 5.92 Å². The normalized spacial score (nSPS) is 17.8. The van der Waals surface area contributed by atoms with Gasteiger partial charge in [-0.2, -0.15) is 0 Å². The molecule has 0 bridgehead atoms. The second-order valence-corrected chi connectivity index (χ2v) is 8.60. The molecule has 7 heteroatoms. The van der Waals surface area contributed by atoms with E-state index >= 15 is 0 Å². The molecule has 1 saturated heterocycles. The Balaban J connectivity index is 1.53. The molecular weight excluding hydrogens is 434 g/mol. The first-order chi connectivity index (χ1) is 16.4. The Labute approximate surface area is 197 Å². The molecule has 3 aromatic carbocycles. The maximum atomic E-state index is 13.6. The minimum absolute atomic E-state index is 0.0407. The van der Waals surface area contributed by atoms with Crippen LogP contribution in [-0.2, 0) is 19.0 Å². The SMILES string of the molecule is COC(=O)C(CCN1C(=O)c2cc3ccccc3c(-c3ccccc3)c2C1=O)C1(C)OCCO1. The standard InChI is InChI=1S/C27H25NO6/c1-27(33-14-15-34-27)21(26(31)32-2)12-13-28-24(29)20-16-18-10-6-7-11-19(18)22(23(20)25(28)30)17-8-4-3-5-9-17/h3-11,16,21H,12-15H2,1-2H3. The lowest BCUT2D eigenvalue weighted by molar-refractivity contribution is -0.200. The molecule has 3 aromatic rings. The molecule has 1 atom stereocenters. The predicted molar refractivity (Wildman–Crippen MR) is 125 cm³/mol. The molecule has 0 spiro atoms. The summed E-state index contributed by atoms with van der Waals surface area (Å²) in [5, 5.41) is 1.79. The van der Waals surface area contributed by atoms with Gasteiger partial charge in [0.2, 0.25) is 0 Å². The van der Waals surface area contributed by atoms with E-state index in [1.165, 1.54) is 12.0 Å². The third kappa shape index (κ3) is 3.57. The first-order valence-electron chi connectivity index (χ1n) is 11.3. The Kier molecular flexibility index (Phi) is 5.67. The molecule has 1 unspecified atom stereocenters. The van der Waals surface area contributed by atoms with Crippen LogP contribution in [-0.4, -0.2) is 55.3 Å². The van der Waals surface area contributed by atoms with Gasteiger partial charge in [0, 0.05) is 12.1 Å². The molecule has 0 aromatic heterocycles.